The first kappa shape index (κ1) is 17.5. The maximum atomic E-state index is 12.6. The van der Waals surface area contributed by atoms with Crippen LogP contribution in [-0.2, 0) is 16.2 Å². The summed E-state index contributed by atoms with van der Waals surface area (Å²) in [5.41, 5.74) is -0.712. The second kappa shape index (κ2) is 6.71. The molecule has 0 aliphatic carbocycles. The molecule has 9 heteroatoms. The molecule has 23 heavy (non-hydrogen) atoms. The summed E-state index contributed by atoms with van der Waals surface area (Å²) < 4.78 is 62.3. The van der Waals surface area contributed by atoms with E-state index in [0.717, 1.165) is 18.3 Å². The molecule has 0 unspecified atom stereocenters. The maximum Gasteiger partial charge on any atom is 0.416 e. The predicted molar refractivity (Wildman–Crippen MR) is 83.5 cm³/mol. The Kier molecular flexibility index (Phi) is 5.10. The number of hydrazone groups is 1. The normalized spacial score (nSPS) is 12.5. The monoisotopic (exact) mass is 406 g/mol. The van der Waals surface area contributed by atoms with E-state index in [1.807, 2.05) is 4.83 Å². The van der Waals surface area contributed by atoms with Gasteiger partial charge in [-0.05, 0) is 42.0 Å². The van der Waals surface area contributed by atoms with E-state index in [-0.39, 0.29) is 10.5 Å². The lowest BCUT2D eigenvalue weighted by molar-refractivity contribution is -0.137. The van der Waals surface area contributed by atoms with Crippen LogP contribution in [0.2, 0.25) is 0 Å². The Morgan fingerprint density at radius 2 is 1.74 bits per heavy atom. The van der Waals surface area contributed by atoms with Gasteiger partial charge in [-0.3, -0.25) is 0 Å². The van der Waals surface area contributed by atoms with Crippen LogP contribution in [0.4, 0.5) is 13.2 Å². The number of halogens is 4. The van der Waals surface area contributed by atoms with Gasteiger partial charge in [0.15, 0.2) is 0 Å². The van der Waals surface area contributed by atoms with Crippen molar-refractivity contribution >= 4 is 32.2 Å². The minimum absolute atomic E-state index is 0.0121. The molecule has 1 N–H and O–H groups in total. The molecule has 4 nitrogen and oxygen atoms in total. The van der Waals surface area contributed by atoms with E-state index in [9.17, 15) is 21.6 Å². The largest absolute Gasteiger partial charge is 0.416 e. The molecular weight excluding hydrogens is 397 g/mol. The summed E-state index contributed by atoms with van der Waals surface area (Å²) in [5.74, 6) is 0. The minimum Gasteiger partial charge on any atom is -0.200 e. The molecule has 0 aliphatic heterocycles. The second-order valence-corrected chi connectivity index (χ2v) is 7.01. The fourth-order valence-corrected chi connectivity index (χ4v) is 2.69. The van der Waals surface area contributed by atoms with Crippen LogP contribution in [0, 0.1) is 0 Å². The first-order chi connectivity index (χ1) is 10.7. The molecule has 2 rings (SSSR count). The Bertz CT molecular complexity index is 819. The van der Waals surface area contributed by atoms with Crippen LogP contribution >= 0.6 is 15.9 Å². The summed E-state index contributed by atoms with van der Waals surface area (Å²) in [6.45, 7) is 0. The van der Waals surface area contributed by atoms with Crippen LogP contribution in [0.25, 0.3) is 0 Å². The van der Waals surface area contributed by atoms with Gasteiger partial charge in [0, 0.05) is 4.47 Å². The molecule has 2 aromatic carbocycles. The molecule has 0 aromatic heterocycles. The van der Waals surface area contributed by atoms with E-state index < -0.39 is 21.8 Å². The smallest absolute Gasteiger partial charge is 0.200 e. The van der Waals surface area contributed by atoms with Gasteiger partial charge in [0.1, 0.15) is 0 Å². The number of benzene rings is 2. The number of nitrogens with zero attached hydrogens (tertiary/aromatic N) is 1. The molecule has 0 bridgehead atoms. The van der Waals surface area contributed by atoms with Gasteiger partial charge in [-0.2, -0.15) is 26.7 Å². The van der Waals surface area contributed by atoms with Crippen molar-refractivity contribution in [1.29, 1.82) is 0 Å². The predicted octanol–water partition coefficient (Wildman–Crippen LogP) is 3.78. The molecule has 0 spiro atoms. The van der Waals surface area contributed by atoms with E-state index in [4.69, 9.17) is 0 Å². The molecule has 0 heterocycles. The van der Waals surface area contributed by atoms with E-state index >= 15 is 0 Å². The molecule has 0 saturated carbocycles. The van der Waals surface area contributed by atoms with Gasteiger partial charge in [-0.25, -0.2) is 4.83 Å². The first-order valence-corrected chi connectivity index (χ1v) is 8.44. The number of rotatable bonds is 4. The zero-order valence-electron chi connectivity index (χ0n) is 11.4. The van der Waals surface area contributed by atoms with E-state index in [1.165, 1.54) is 24.3 Å². The molecule has 0 fully saturated rings. The minimum atomic E-state index is -4.47. The Labute approximate surface area is 139 Å². The van der Waals surface area contributed by atoms with Gasteiger partial charge >= 0.3 is 6.18 Å². The Morgan fingerprint density at radius 1 is 1.09 bits per heavy atom. The second-order valence-electron chi connectivity index (χ2n) is 4.43. The van der Waals surface area contributed by atoms with Gasteiger partial charge in [0.2, 0.25) is 0 Å². The van der Waals surface area contributed by atoms with Crippen molar-refractivity contribution in [2.75, 3.05) is 0 Å². The molecule has 0 saturated heterocycles. The van der Waals surface area contributed by atoms with Crippen molar-refractivity contribution in [2.24, 2.45) is 5.10 Å². The van der Waals surface area contributed by atoms with E-state index in [1.54, 1.807) is 12.1 Å². The summed E-state index contributed by atoms with van der Waals surface area (Å²) in [4.78, 5) is 1.93. The van der Waals surface area contributed by atoms with Crippen molar-refractivity contribution in [3.63, 3.8) is 0 Å². The van der Waals surface area contributed by atoms with Gasteiger partial charge in [-0.15, -0.1) is 0 Å². The average Bonchev–Trinajstić information content (AvgIpc) is 2.47. The van der Waals surface area contributed by atoms with Gasteiger partial charge in [0.05, 0.1) is 16.7 Å². The lowest BCUT2D eigenvalue weighted by atomic mass is 10.1. The summed E-state index contributed by atoms with van der Waals surface area (Å²) in [6.07, 6.45) is -3.47. The van der Waals surface area contributed by atoms with Gasteiger partial charge < -0.3 is 0 Å². The SMILES string of the molecule is O=S(=O)(N/N=C/c1cccc(C(F)(F)F)c1)c1ccc(Br)cc1. The van der Waals surface area contributed by atoms with Crippen molar-refractivity contribution in [3.05, 3.63) is 64.1 Å². The first-order valence-electron chi connectivity index (χ1n) is 6.16. The molecule has 122 valence electrons. The topological polar surface area (TPSA) is 58.5 Å². The molecule has 0 radical (unpaired) electrons. The lowest BCUT2D eigenvalue weighted by Crippen LogP contribution is -2.18. The Balaban J connectivity index is 2.14. The average molecular weight is 407 g/mol. The fourth-order valence-electron chi connectivity index (χ4n) is 1.63. The van der Waals surface area contributed by atoms with E-state index in [0.29, 0.717) is 4.47 Å². The standard InChI is InChI=1S/C14H10BrF3N2O2S/c15-12-4-6-13(7-5-12)23(21,22)20-19-9-10-2-1-3-11(8-10)14(16,17)18/h1-9,20H/b19-9+. The number of hydrogen-bond donors (Lipinski definition) is 1. The maximum absolute atomic E-state index is 12.6. The third-order valence-electron chi connectivity index (χ3n) is 2.72. The van der Waals surface area contributed by atoms with Crippen LogP contribution in [-0.4, -0.2) is 14.6 Å². The zero-order valence-corrected chi connectivity index (χ0v) is 13.8. The highest BCUT2D eigenvalue weighted by molar-refractivity contribution is 9.10. The zero-order chi connectivity index (χ0) is 17.1. The van der Waals surface area contributed by atoms with Crippen LogP contribution < -0.4 is 4.83 Å². The lowest BCUT2D eigenvalue weighted by Gasteiger charge is -2.06. The van der Waals surface area contributed by atoms with Crippen LogP contribution in [0.15, 0.2) is 63.0 Å². The quantitative estimate of drug-likeness (QED) is 0.620. The number of alkyl halides is 3. The fraction of sp³-hybridized carbons (Fsp3) is 0.0714. The summed E-state index contributed by atoms with van der Waals surface area (Å²) in [6, 6.07) is 10.2. The molecule has 0 amide bonds. The summed E-state index contributed by atoms with van der Waals surface area (Å²) in [7, 11) is -3.88. The summed E-state index contributed by atoms with van der Waals surface area (Å²) >= 11 is 3.18. The van der Waals surface area contributed by atoms with Crippen LogP contribution in [0.3, 0.4) is 0 Å². The van der Waals surface area contributed by atoms with Crippen LogP contribution in [0.1, 0.15) is 11.1 Å². The molecule has 0 atom stereocenters. The third-order valence-corrected chi connectivity index (χ3v) is 4.49. The van der Waals surface area contributed by atoms with Crippen molar-refractivity contribution in [2.45, 2.75) is 11.1 Å². The molecule has 0 aliphatic rings. The highest BCUT2D eigenvalue weighted by Crippen LogP contribution is 2.29. The van der Waals surface area contributed by atoms with Crippen molar-refractivity contribution in [3.8, 4) is 0 Å². The van der Waals surface area contributed by atoms with Crippen LogP contribution in [0.5, 0.6) is 0 Å². The third kappa shape index (κ3) is 4.80. The van der Waals surface area contributed by atoms with Gasteiger partial charge in [0.25, 0.3) is 10.0 Å². The van der Waals surface area contributed by atoms with Crippen molar-refractivity contribution in [1.82, 2.24) is 4.83 Å². The number of hydrogen-bond acceptors (Lipinski definition) is 3. The summed E-state index contributed by atoms with van der Waals surface area (Å²) in [5, 5.41) is 3.49. The molecular formula is C14H10BrF3N2O2S. The molecule has 2 aromatic rings. The van der Waals surface area contributed by atoms with E-state index in [2.05, 4.69) is 21.0 Å². The number of sulfonamides is 1. The highest BCUT2D eigenvalue weighted by Gasteiger charge is 2.30. The highest BCUT2D eigenvalue weighted by atomic mass is 79.9. The Hall–Kier alpha value is -1.87. The van der Waals surface area contributed by atoms with Crippen molar-refractivity contribution < 1.29 is 21.6 Å². The number of nitrogens with one attached hydrogen (secondary N) is 1. The Morgan fingerprint density at radius 3 is 2.35 bits per heavy atom. The van der Waals surface area contributed by atoms with Gasteiger partial charge in [-0.1, -0.05) is 28.1 Å².